The summed E-state index contributed by atoms with van der Waals surface area (Å²) in [4.78, 5) is 0. The SMILES string of the molecule is CCCCNC1CC(C)(C)Oc2cccc(OCC(C)C)c21. The van der Waals surface area contributed by atoms with Crippen molar-refractivity contribution < 1.29 is 9.47 Å². The minimum absolute atomic E-state index is 0.145. The molecule has 124 valence electrons. The Kier molecular flexibility index (Phi) is 5.74. The van der Waals surface area contributed by atoms with Crippen molar-refractivity contribution in [3.8, 4) is 11.5 Å². The molecule has 1 heterocycles. The Morgan fingerprint density at radius 2 is 2.14 bits per heavy atom. The van der Waals surface area contributed by atoms with Gasteiger partial charge in [-0.25, -0.2) is 0 Å². The van der Waals surface area contributed by atoms with E-state index in [0.717, 1.165) is 31.1 Å². The van der Waals surface area contributed by atoms with E-state index in [2.05, 4.69) is 52.1 Å². The minimum atomic E-state index is -0.145. The fourth-order valence-corrected chi connectivity index (χ4v) is 2.90. The molecule has 2 rings (SSSR count). The van der Waals surface area contributed by atoms with Gasteiger partial charge in [0.15, 0.2) is 0 Å². The van der Waals surface area contributed by atoms with Gasteiger partial charge in [-0.15, -0.1) is 0 Å². The molecule has 0 spiro atoms. The Morgan fingerprint density at radius 1 is 1.36 bits per heavy atom. The molecule has 0 bridgehead atoms. The number of ether oxygens (including phenoxy) is 2. The molecule has 1 unspecified atom stereocenters. The maximum atomic E-state index is 6.18. The van der Waals surface area contributed by atoms with Gasteiger partial charge in [0, 0.05) is 12.5 Å². The predicted octanol–water partition coefficient (Wildman–Crippen LogP) is 4.71. The molecule has 0 aromatic heterocycles. The molecule has 0 radical (unpaired) electrons. The Balaban J connectivity index is 2.25. The van der Waals surface area contributed by atoms with Crippen molar-refractivity contribution in [2.75, 3.05) is 13.2 Å². The van der Waals surface area contributed by atoms with Crippen LogP contribution in [0.25, 0.3) is 0 Å². The first kappa shape index (κ1) is 17.1. The van der Waals surface area contributed by atoms with E-state index in [1.165, 1.54) is 18.4 Å². The molecule has 0 saturated heterocycles. The number of benzene rings is 1. The molecular weight excluding hydrogens is 274 g/mol. The van der Waals surface area contributed by atoms with Gasteiger partial charge < -0.3 is 14.8 Å². The second-order valence-corrected chi connectivity index (χ2v) is 7.30. The standard InChI is InChI=1S/C19H31NO2/c1-6-7-11-20-15-12-19(4,5)22-17-10-8-9-16(18(15)17)21-13-14(2)3/h8-10,14-15,20H,6-7,11-13H2,1-5H3. The second-order valence-electron chi connectivity index (χ2n) is 7.30. The minimum Gasteiger partial charge on any atom is -0.493 e. The molecule has 0 aliphatic carbocycles. The van der Waals surface area contributed by atoms with Crippen LogP contribution in [0.4, 0.5) is 0 Å². The van der Waals surface area contributed by atoms with Crippen molar-refractivity contribution in [3.05, 3.63) is 23.8 Å². The molecule has 0 amide bonds. The third kappa shape index (κ3) is 4.39. The summed E-state index contributed by atoms with van der Waals surface area (Å²) in [6.07, 6.45) is 3.37. The number of rotatable bonds is 7. The zero-order chi connectivity index (χ0) is 16.2. The zero-order valence-corrected chi connectivity index (χ0v) is 14.7. The van der Waals surface area contributed by atoms with E-state index in [-0.39, 0.29) is 5.60 Å². The Morgan fingerprint density at radius 3 is 2.82 bits per heavy atom. The summed E-state index contributed by atoms with van der Waals surface area (Å²) in [7, 11) is 0. The van der Waals surface area contributed by atoms with Crippen molar-refractivity contribution in [2.24, 2.45) is 5.92 Å². The van der Waals surface area contributed by atoms with Crippen LogP contribution in [-0.2, 0) is 0 Å². The average molecular weight is 305 g/mol. The zero-order valence-electron chi connectivity index (χ0n) is 14.7. The summed E-state index contributed by atoms with van der Waals surface area (Å²) in [6, 6.07) is 6.46. The maximum Gasteiger partial charge on any atom is 0.128 e. The molecule has 1 aliphatic heterocycles. The van der Waals surface area contributed by atoms with E-state index in [9.17, 15) is 0 Å². The Labute approximate surface area is 135 Å². The molecule has 1 aromatic carbocycles. The highest BCUT2D eigenvalue weighted by Crippen LogP contribution is 2.44. The predicted molar refractivity (Wildman–Crippen MR) is 91.8 cm³/mol. The first-order chi connectivity index (χ1) is 10.4. The monoisotopic (exact) mass is 305 g/mol. The van der Waals surface area contributed by atoms with Crippen molar-refractivity contribution >= 4 is 0 Å². The highest BCUT2D eigenvalue weighted by atomic mass is 16.5. The van der Waals surface area contributed by atoms with Gasteiger partial charge in [-0.3, -0.25) is 0 Å². The van der Waals surface area contributed by atoms with Crippen LogP contribution >= 0.6 is 0 Å². The van der Waals surface area contributed by atoms with Crippen molar-refractivity contribution in [3.63, 3.8) is 0 Å². The Hall–Kier alpha value is -1.22. The molecule has 0 saturated carbocycles. The number of nitrogens with one attached hydrogen (secondary N) is 1. The van der Waals surface area contributed by atoms with E-state index in [0.29, 0.717) is 12.0 Å². The van der Waals surface area contributed by atoms with Gasteiger partial charge in [-0.1, -0.05) is 33.3 Å². The first-order valence-corrected chi connectivity index (χ1v) is 8.61. The van der Waals surface area contributed by atoms with Crippen LogP contribution in [-0.4, -0.2) is 18.8 Å². The van der Waals surface area contributed by atoms with E-state index in [4.69, 9.17) is 9.47 Å². The summed E-state index contributed by atoms with van der Waals surface area (Å²) in [5.74, 6) is 2.45. The van der Waals surface area contributed by atoms with E-state index in [1.807, 2.05) is 6.07 Å². The number of fused-ring (bicyclic) bond motifs is 1. The molecule has 22 heavy (non-hydrogen) atoms. The lowest BCUT2D eigenvalue weighted by atomic mass is 9.89. The second kappa shape index (κ2) is 7.36. The van der Waals surface area contributed by atoms with Crippen molar-refractivity contribution in [2.45, 2.75) is 65.5 Å². The van der Waals surface area contributed by atoms with Gasteiger partial charge >= 0.3 is 0 Å². The smallest absolute Gasteiger partial charge is 0.128 e. The van der Waals surface area contributed by atoms with Gasteiger partial charge in [0.1, 0.15) is 17.1 Å². The molecule has 1 atom stereocenters. The topological polar surface area (TPSA) is 30.5 Å². The largest absolute Gasteiger partial charge is 0.493 e. The molecule has 1 aromatic rings. The van der Waals surface area contributed by atoms with Gasteiger partial charge in [-0.05, 0) is 44.9 Å². The van der Waals surface area contributed by atoms with Crippen molar-refractivity contribution in [1.82, 2.24) is 5.32 Å². The molecular formula is C19H31NO2. The summed E-state index contributed by atoms with van der Waals surface area (Å²) < 4.78 is 12.2. The van der Waals surface area contributed by atoms with Crippen molar-refractivity contribution in [1.29, 1.82) is 0 Å². The molecule has 3 heteroatoms. The highest BCUT2D eigenvalue weighted by Gasteiger charge is 2.35. The summed E-state index contributed by atoms with van der Waals surface area (Å²) in [5, 5.41) is 3.70. The molecule has 1 aliphatic rings. The maximum absolute atomic E-state index is 6.18. The van der Waals surface area contributed by atoms with Gasteiger partial charge in [-0.2, -0.15) is 0 Å². The average Bonchev–Trinajstić information content (AvgIpc) is 2.43. The lowest BCUT2D eigenvalue weighted by molar-refractivity contribution is 0.0642. The van der Waals surface area contributed by atoms with Gasteiger partial charge in [0.05, 0.1) is 12.2 Å². The van der Waals surface area contributed by atoms with Crippen LogP contribution in [0, 0.1) is 5.92 Å². The fourth-order valence-electron chi connectivity index (χ4n) is 2.90. The fraction of sp³-hybridized carbons (Fsp3) is 0.684. The lowest BCUT2D eigenvalue weighted by Crippen LogP contribution is -2.40. The third-order valence-corrected chi connectivity index (χ3v) is 3.95. The normalized spacial score (nSPS) is 19.6. The highest BCUT2D eigenvalue weighted by molar-refractivity contribution is 5.48. The van der Waals surface area contributed by atoms with Gasteiger partial charge in [0.2, 0.25) is 0 Å². The van der Waals surface area contributed by atoms with Crippen LogP contribution in [0.2, 0.25) is 0 Å². The first-order valence-electron chi connectivity index (χ1n) is 8.61. The van der Waals surface area contributed by atoms with Crippen LogP contribution < -0.4 is 14.8 Å². The van der Waals surface area contributed by atoms with Crippen LogP contribution in [0.5, 0.6) is 11.5 Å². The third-order valence-electron chi connectivity index (χ3n) is 3.95. The van der Waals surface area contributed by atoms with Crippen LogP contribution in [0.1, 0.15) is 65.5 Å². The van der Waals surface area contributed by atoms with Crippen LogP contribution in [0.15, 0.2) is 18.2 Å². The lowest BCUT2D eigenvalue weighted by Gasteiger charge is -2.38. The molecule has 3 nitrogen and oxygen atoms in total. The Bertz CT molecular complexity index is 482. The van der Waals surface area contributed by atoms with E-state index < -0.39 is 0 Å². The number of hydrogen-bond acceptors (Lipinski definition) is 3. The number of unbranched alkanes of at least 4 members (excludes halogenated alkanes) is 1. The van der Waals surface area contributed by atoms with Gasteiger partial charge in [0.25, 0.3) is 0 Å². The molecule has 1 N–H and O–H groups in total. The summed E-state index contributed by atoms with van der Waals surface area (Å²) in [5.41, 5.74) is 1.05. The summed E-state index contributed by atoms with van der Waals surface area (Å²) >= 11 is 0. The van der Waals surface area contributed by atoms with E-state index in [1.54, 1.807) is 0 Å². The van der Waals surface area contributed by atoms with E-state index >= 15 is 0 Å². The quantitative estimate of drug-likeness (QED) is 0.740. The number of hydrogen-bond donors (Lipinski definition) is 1. The molecule has 0 fully saturated rings. The van der Waals surface area contributed by atoms with Crippen LogP contribution in [0.3, 0.4) is 0 Å². The summed E-state index contributed by atoms with van der Waals surface area (Å²) in [6.45, 7) is 12.7.